The molecule has 2 heterocycles. The van der Waals surface area contributed by atoms with E-state index in [9.17, 15) is 9.18 Å². The molecule has 3 rings (SSSR count). The Kier molecular flexibility index (Phi) is 4.64. The van der Waals surface area contributed by atoms with E-state index in [-0.39, 0.29) is 10.7 Å². The van der Waals surface area contributed by atoms with Gasteiger partial charge in [-0.05, 0) is 30.3 Å². The second kappa shape index (κ2) is 6.86. The van der Waals surface area contributed by atoms with Crippen LogP contribution >= 0.6 is 11.6 Å². The van der Waals surface area contributed by atoms with Crippen molar-refractivity contribution in [2.75, 3.05) is 6.61 Å². The Morgan fingerprint density at radius 1 is 1.33 bits per heavy atom. The van der Waals surface area contributed by atoms with Gasteiger partial charge in [0.1, 0.15) is 29.5 Å². The van der Waals surface area contributed by atoms with Crippen LogP contribution in [-0.4, -0.2) is 27.3 Å². The molecule has 0 aliphatic carbocycles. The Morgan fingerprint density at radius 2 is 2.17 bits per heavy atom. The molecule has 8 heteroatoms. The molecule has 3 aromatic rings. The predicted molar refractivity (Wildman–Crippen MR) is 85.9 cm³/mol. The summed E-state index contributed by atoms with van der Waals surface area (Å²) in [4.78, 5) is 15.7. The van der Waals surface area contributed by atoms with Gasteiger partial charge >= 0.3 is 0 Å². The number of carbonyl (C=O) groups is 1. The van der Waals surface area contributed by atoms with Crippen LogP contribution in [0.2, 0.25) is 5.02 Å². The molecular weight excluding hydrogens is 337 g/mol. The van der Waals surface area contributed by atoms with Crippen molar-refractivity contribution in [3.05, 3.63) is 59.1 Å². The van der Waals surface area contributed by atoms with Gasteiger partial charge in [-0.3, -0.25) is 10.0 Å². The van der Waals surface area contributed by atoms with Crippen LogP contribution in [0.15, 0.2) is 42.6 Å². The van der Waals surface area contributed by atoms with Gasteiger partial charge in [-0.25, -0.2) is 14.9 Å². The van der Waals surface area contributed by atoms with Crippen molar-refractivity contribution in [2.24, 2.45) is 0 Å². The molecule has 2 aromatic heterocycles. The van der Waals surface area contributed by atoms with Crippen molar-refractivity contribution in [3.8, 4) is 5.75 Å². The SMILES string of the molecule is O=C(NO)c1ccc2ccn(CCOc3ccc(F)c(Cl)c3)c2n1. The number of rotatable bonds is 5. The second-order valence-electron chi connectivity index (χ2n) is 4.98. The van der Waals surface area contributed by atoms with Crippen molar-refractivity contribution < 1.29 is 19.1 Å². The number of fused-ring (bicyclic) bond motifs is 1. The summed E-state index contributed by atoms with van der Waals surface area (Å²) in [6.07, 6.45) is 1.82. The third-order valence-electron chi connectivity index (χ3n) is 3.44. The minimum Gasteiger partial charge on any atom is -0.492 e. The van der Waals surface area contributed by atoms with Crippen molar-refractivity contribution in [3.63, 3.8) is 0 Å². The molecule has 0 aliphatic heterocycles. The van der Waals surface area contributed by atoms with Gasteiger partial charge in [0.15, 0.2) is 0 Å². The molecule has 0 fully saturated rings. The quantitative estimate of drug-likeness (QED) is 0.548. The fourth-order valence-corrected chi connectivity index (χ4v) is 2.42. The summed E-state index contributed by atoms with van der Waals surface area (Å²) in [6.45, 7) is 0.777. The third kappa shape index (κ3) is 3.32. The number of hydrogen-bond donors (Lipinski definition) is 2. The maximum atomic E-state index is 13.1. The van der Waals surface area contributed by atoms with Crippen molar-refractivity contribution in [1.29, 1.82) is 0 Å². The van der Waals surface area contributed by atoms with Gasteiger partial charge in [-0.15, -0.1) is 0 Å². The van der Waals surface area contributed by atoms with E-state index in [1.165, 1.54) is 24.3 Å². The lowest BCUT2D eigenvalue weighted by Crippen LogP contribution is -2.20. The molecule has 0 spiro atoms. The monoisotopic (exact) mass is 349 g/mol. The molecule has 24 heavy (non-hydrogen) atoms. The second-order valence-corrected chi connectivity index (χ2v) is 5.39. The van der Waals surface area contributed by atoms with Crippen LogP contribution in [-0.2, 0) is 6.54 Å². The number of hydrogen-bond acceptors (Lipinski definition) is 4. The van der Waals surface area contributed by atoms with E-state index in [1.54, 1.807) is 11.5 Å². The van der Waals surface area contributed by atoms with Gasteiger partial charge in [-0.2, -0.15) is 0 Å². The van der Waals surface area contributed by atoms with Crippen molar-refractivity contribution in [2.45, 2.75) is 6.54 Å². The maximum absolute atomic E-state index is 13.1. The molecule has 0 saturated carbocycles. The Bertz CT molecular complexity index is 897. The number of hydroxylamine groups is 1. The first-order chi connectivity index (χ1) is 11.6. The van der Waals surface area contributed by atoms with Gasteiger partial charge in [-0.1, -0.05) is 11.6 Å². The largest absolute Gasteiger partial charge is 0.492 e. The van der Waals surface area contributed by atoms with Crippen LogP contribution < -0.4 is 10.2 Å². The van der Waals surface area contributed by atoms with Crippen LogP contribution in [0.4, 0.5) is 4.39 Å². The number of halogens is 2. The molecule has 1 aromatic carbocycles. The summed E-state index contributed by atoms with van der Waals surface area (Å²) in [5.41, 5.74) is 2.26. The molecule has 0 saturated heterocycles. The number of benzene rings is 1. The Morgan fingerprint density at radius 3 is 2.92 bits per heavy atom. The fourth-order valence-electron chi connectivity index (χ4n) is 2.25. The molecular formula is C16H13ClFN3O3. The van der Waals surface area contributed by atoms with E-state index >= 15 is 0 Å². The van der Waals surface area contributed by atoms with Gasteiger partial charge in [0, 0.05) is 17.6 Å². The zero-order chi connectivity index (χ0) is 17.1. The third-order valence-corrected chi connectivity index (χ3v) is 3.73. The van der Waals surface area contributed by atoms with Crippen LogP contribution in [0.3, 0.4) is 0 Å². The Balaban J connectivity index is 1.72. The van der Waals surface area contributed by atoms with E-state index in [0.717, 1.165) is 5.39 Å². The first-order valence-corrected chi connectivity index (χ1v) is 7.44. The summed E-state index contributed by atoms with van der Waals surface area (Å²) in [6, 6.07) is 9.27. The zero-order valence-electron chi connectivity index (χ0n) is 12.4. The zero-order valence-corrected chi connectivity index (χ0v) is 13.1. The smallest absolute Gasteiger partial charge is 0.293 e. The highest BCUT2D eigenvalue weighted by Gasteiger charge is 2.10. The van der Waals surface area contributed by atoms with Crippen LogP contribution in [0.1, 0.15) is 10.5 Å². The summed E-state index contributed by atoms with van der Waals surface area (Å²) in [5.74, 6) is -0.715. The summed E-state index contributed by atoms with van der Waals surface area (Å²) >= 11 is 5.70. The first-order valence-electron chi connectivity index (χ1n) is 7.06. The van der Waals surface area contributed by atoms with Crippen molar-refractivity contribution >= 4 is 28.5 Å². The molecule has 0 bridgehead atoms. The lowest BCUT2D eigenvalue weighted by molar-refractivity contribution is 0.0701. The van der Waals surface area contributed by atoms with Crippen LogP contribution in [0.5, 0.6) is 5.75 Å². The number of pyridine rings is 1. The average Bonchev–Trinajstić information content (AvgIpc) is 2.99. The average molecular weight is 350 g/mol. The molecule has 1 amide bonds. The molecule has 0 atom stereocenters. The normalized spacial score (nSPS) is 10.8. The Labute approximate surface area is 141 Å². The summed E-state index contributed by atoms with van der Waals surface area (Å²) in [7, 11) is 0. The molecule has 0 unspecified atom stereocenters. The molecule has 0 aliphatic rings. The van der Waals surface area contributed by atoms with Gasteiger partial charge in [0.05, 0.1) is 11.6 Å². The highest BCUT2D eigenvalue weighted by molar-refractivity contribution is 6.30. The highest BCUT2D eigenvalue weighted by Crippen LogP contribution is 2.21. The number of ether oxygens (including phenoxy) is 1. The van der Waals surface area contributed by atoms with E-state index in [4.69, 9.17) is 21.5 Å². The van der Waals surface area contributed by atoms with E-state index < -0.39 is 11.7 Å². The minimum absolute atomic E-state index is 0.000221. The standard InChI is InChI=1S/C16H13ClFN3O3/c17-12-9-11(2-3-13(12)18)24-8-7-21-6-5-10-1-4-14(16(22)20-23)19-15(10)21/h1-6,9,23H,7-8H2,(H,20,22). The van der Waals surface area contributed by atoms with Gasteiger partial charge in [0.25, 0.3) is 5.91 Å². The van der Waals surface area contributed by atoms with E-state index in [2.05, 4.69) is 4.98 Å². The number of nitrogens with zero attached hydrogens (tertiary/aromatic N) is 2. The lowest BCUT2D eigenvalue weighted by atomic mass is 10.3. The number of amides is 1. The molecule has 0 radical (unpaired) electrons. The topological polar surface area (TPSA) is 76.4 Å². The highest BCUT2D eigenvalue weighted by atomic mass is 35.5. The number of aromatic nitrogens is 2. The van der Waals surface area contributed by atoms with E-state index in [0.29, 0.717) is 24.5 Å². The van der Waals surface area contributed by atoms with Gasteiger partial charge < -0.3 is 9.30 Å². The maximum Gasteiger partial charge on any atom is 0.293 e. The molecule has 6 nitrogen and oxygen atoms in total. The number of nitrogens with one attached hydrogen (secondary N) is 1. The fraction of sp³-hybridized carbons (Fsp3) is 0.125. The van der Waals surface area contributed by atoms with Gasteiger partial charge in [0.2, 0.25) is 0 Å². The molecule has 2 N–H and O–H groups in total. The minimum atomic E-state index is -0.679. The Hall–Kier alpha value is -2.64. The number of carbonyl (C=O) groups excluding carboxylic acids is 1. The predicted octanol–water partition coefficient (Wildman–Crippen LogP) is 3.03. The van der Waals surface area contributed by atoms with Crippen molar-refractivity contribution in [1.82, 2.24) is 15.0 Å². The first kappa shape index (κ1) is 16.2. The summed E-state index contributed by atoms with van der Waals surface area (Å²) in [5, 5.41) is 9.54. The summed E-state index contributed by atoms with van der Waals surface area (Å²) < 4.78 is 20.5. The van der Waals surface area contributed by atoms with Crippen LogP contribution in [0.25, 0.3) is 11.0 Å². The molecule has 124 valence electrons. The lowest BCUT2D eigenvalue weighted by Gasteiger charge is -2.09. The van der Waals surface area contributed by atoms with Crippen LogP contribution in [0, 0.1) is 5.82 Å². The van der Waals surface area contributed by atoms with E-state index in [1.807, 2.05) is 16.8 Å².